The van der Waals surface area contributed by atoms with Crippen LogP contribution in [0.5, 0.6) is 0 Å². The van der Waals surface area contributed by atoms with E-state index in [1.165, 1.54) is 0 Å². The zero-order chi connectivity index (χ0) is 18.4. The van der Waals surface area contributed by atoms with Gasteiger partial charge in [-0.2, -0.15) is 5.10 Å². The summed E-state index contributed by atoms with van der Waals surface area (Å²) in [5.74, 6) is 1.89. The van der Waals surface area contributed by atoms with E-state index in [1.54, 1.807) is 4.68 Å². The van der Waals surface area contributed by atoms with Crippen molar-refractivity contribution >= 4 is 5.96 Å². The molecule has 3 rings (SSSR count). The van der Waals surface area contributed by atoms with E-state index in [1.807, 2.05) is 11.6 Å². The van der Waals surface area contributed by atoms with E-state index in [-0.39, 0.29) is 5.69 Å². The average molecular weight is 364 g/mol. The van der Waals surface area contributed by atoms with Gasteiger partial charge in [-0.15, -0.1) is 0 Å². The number of hydrogen-bond donors (Lipinski definition) is 1. The molecule has 0 aromatic carbocycles. The fraction of sp³-hybridized carbons (Fsp3) is 0.833. The van der Waals surface area contributed by atoms with Gasteiger partial charge in [-0.25, -0.2) is 9.48 Å². The van der Waals surface area contributed by atoms with Gasteiger partial charge in [0.25, 0.3) is 0 Å². The van der Waals surface area contributed by atoms with E-state index < -0.39 is 0 Å². The number of aliphatic imine (C=N–C) groups is 1. The normalized spacial score (nSPS) is 18.8. The van der Waals surface area contributed by atoms with Crippen LogP contribution in [0.1, 0.15) is 44.9 Å². The minimum atomic E-state index is 0.0436. The predicted octanol–water partition coefficient (Wildman–Crippen LogP) is 0.848. The molecule has 1 aromatic rings. The summed E-state index contributed by atoms with van der Waals surface area (Å²) in [6.07, 6.45) is 6.46. The van der Waals surface area contributed by atoms with Crippen molar-refractivity contribution in [2.24, 2.45) is 4.99 Å². The lowest BCUT2D eigenvalue weighted by molar-refractivity contribution is 0.0264. The van der Waals surface area contributed by atoms with E-state index in [0.717, 1.165) is 83.1 Å². The number of fused-ring (bicyclic) bond motifs is 1. The number of piperidine rings is 1. The fourth-order valence-electron chi connectivity index (χ4n) is 3.83. The Balaban J connectivity index is 1.43. The minimum Gasteiger partial charge on any atom is -0.378 e. The molecule has 0 unspecified atom stereocenters. The Labute approximate surface area is 155 Å². The summed E-state index contributed by atoms with van der Waals surface area (Å²) < 4.78 is 9.16. The maximum absolute atomic E-state index is 12.3. The van der Waals surface area contributed by atoms with Crippen molar-refractivity contribution in [3.8, 4) is 0 Å². The van der Waals surface area contributed by atoms with Crippen LogP contribution < -0.4 is 11.0 Å². The Morgan fingerprint density at radius 2 is 2.12 bits per heavy atom. The Morgan fingerprint density at radius 1 is 1.31 bits per heavy atom. The molecule has 1 aromatic heterocycles. The third kappa shape index (κ3) is 4.47. The van der Waals surface area contributed by atoms with Crippen LogP contribution in [0.2, 0.25) is 0 Å². The van der Waals surface area contributed by atoms with Crippen LogP contribution in [0.4, 0.5) is 0 Å². The van der Waals surface area contributed by atoms with Crippen LogP contribution in [-0.2, 0) is 24.2 Å². The van der Waals surface area contributed by atoms with Gasteiger partial charge in [-0.1, -0.05) is 0 Å². The van der Waals surface area contributed by atoms with E-state index in [9.17, 15) is 4.79 Å². The van der Waals surface area contributed by atoms with Crippen LogP contribution >= 0.6 is 0 Å². The smallest absolute Gasteiger partial charge is 0.345 e. The number of rotatable bonds is 6. The van der Waals surface area contributed by atoms with Crippen LogP contribution in [0.15, 0.2) is 9.79 Å². The number of aryl methyl sites for hydroxylation is 2. The number of hydrogen-bond acceptors (Lipinski definition) is 4. The lowest BCUT2D eigenvalue weighted by atomic mass is 10.1. The van der Waals surface area contributed by atoms with Crippen LogP contribution in [-0.4, -0.2) is 64.6 Å². The first-order chi connectivity index (χ1) is 12.7. The van der Waals surface area contributed by atoms with Gasteiger partial charge in [0, 0.05) is 52.8 Å². The molecule has 8 nitrogen and oxygen atoms in total. The molecule has 2 aliphatic rings. The molecule has 1 N–H and O–H groups in total. The van der Waals surface area contributed by atoms with Crippen molar-refractivity contribution < 1.29 is 4.74 Å². The van der Waals surface area contributed by atoms with Crippen molar-refractivity contribution in [2.45, 2.75) is 64.6 Å². The summed E-state index contributed by atoms with van der Waals surface area (Å²) in [4.78, 5) is 19.0. The minimum absolute atomic E-state index is 0.0436. The Kier molecular flexibility index (Phi) is 6.71. The summed E-state index contributed by atoms with van der Waals surface area (Å²) in [5, 5.41) is 7.91. The topological polar surface area (TPSA) is 76.7 Å². The summed E-state index contributed by atoms with van der Waals surface area (Å²) in [6, 6.07) is 0. The Morgan fingerprint density at radius 3 is 2.81 bits per heavy atom. The van der Waals surface area contributed by atoms with E-state index in [4.69, 9.17) is 4.74 Å². The van der Waals surface area contributed by atoms with E-state index >= 15 is 0 Å². The monoisotopic (exact) mass is 364 g/mol. The highest BCUT2D eigenvalue weighted by atomic mass is 16.5. The quantitative estimate of drug-likeness (QED) is 0.460. The lowest BCUT2D eigenvalue weighted by Crippen LogP contribution is -2.47. The molecule has 1 saturated heterocycles. The second kappa shape index (κ2) is 9.21. The molecule has 0 radical (unpaired) electrons. The number of guanidine groups is 1. The summed E-state index contributed by atoms with van der Waals surface area (Å²) in [7, 11) is 1.82. The van der Waals surface area contributed by atoms with Gasteiger partial charge in [0.05, 0.1) is 6.10 Å². The molecular formula is C18H32N6O2. The molecule has 26 heavy (non-hydrogen) atoms. The first-order valence-corrected chi connectivity index (χ1v) is 9.96. The van der Waals surface area contributed by atoms with E-state index in [0.29, 0.717) is 12.6 Å². The molecule has 0 saturated carbocycles. The molecule has 3 heterocycles. The van der Waals surface area contributed by atoms with Crippen molar-refractivity contribution in [1.29, 1.82) is 0 Å². The third-order valence-corrected chi connectivity index (χ3v) is 5.22. The molecule has 0 bridgehead atoms. The summed E-state index contributed by atoms with van der Waals surface area (Å²) in [6.45, 7) is 7.02. The second-order valence-corrected chi connectivity index (χ2v) is 7.00. The van der Waals surface area contributed by atoms with Crippen LogP contribution in [0, 0.1) is 0 Å². The highest BCUT2D eigenvalue weighted by Gasteiger charge is 2.21. The lowest BCUT2D eigenvalue weighted by Gasteiger charge is -2.34. The Hall–Kier alpha value is -1.83. The predicted molar refractivity (Wildman–Crippen MR) is 102 cm³/mol. The molecule has 146 valence electrons. The SMILES string of the molecule is CCOC1CCN(C(=NC)NCCCn2nc3n(c2=O)CCCC3)CC1. The number of ether oxygens (including phenoxy) is 1. The third-order valence-electron chi connectivity index (χ3n) is 5.22. The maximum Gasteiger partial charge on any atom is 0.345 e. The number of nitrogens with one attached hydrogen (secondary N) is 1. The largest absolute Gasteiger partial charge is 0.378 e. The highest BCUT2D eigenvalue weighted by Crippen LogP contribution is 2.13. The molecule has 0 atom stereocenters. The first-order valence-electron chi connectivity index (χ1n) is 9.96. The van der Waals surface area contributed by atoms with Gasteiger partial charge in [-0.3, -0.25) is 9.56 Å². The molecule has 1 fully saturated rings. The molecule has 0 aliphatic carbocycles. The average Bonchev–Trinajstić information content (AvgIpc) is 2.99. The van der Waals surface area contributed by atoms with Crippen molar-refractivity contribution in [3.63, 3.8) is 0 Å². The van der Waals surface area contributed by atoms with Gasteiger partial charge in [-0.05, 0) is 39.0 Å². The first kappa shape index (κ1) is 18.9. The van der Waals surface area contributed by atoms with Crippen LogP contribution in [0.3, 0.4) is 0 Å². The second-order valence-electron chi connectivity index (χ2n) is 7.00. The number of aromatic nitrogens is 3. The molecule has 8 heteroatoms. The van der Waals surface area contributed by atoms with Crippen LogP contribution in [0.25, 0.3) is 0 Å². The zero-order valence-electron chi connectivity index (χ0n) is 16.1. The van der Waals surface area contributed by atoms with Crippen molar-refractivity contribution in [1.82, 2.24) is 24.6 Å². The molecule has 2 aliphatic heterocycles. The summed E-state index contributed by atoms with van der Waals surface area (Å²) >= 11 is 0. The molecule has 0 spiro atoms. The molecular weight excluding hydrogens is 332 g/mol. The highest BCUT2D eigenvalue weighted by molar-refractivity contribution is 5.79. The van der Waals surface area contributed by atoms with E-state index in [2.05, 4.69) is 27.2 Å². The van der Waals surface area contributed by atoms with Gasteiger partial charge < -0.3 is 15.0 Å². The van der Waals surface area contributed by atoms with Gasteiger partial charge in [0.2, 0.25) is 0 Å². The van der Waals surface area contributed by atoms with Crippen molar-refractivity contribution in [2.75, 3.05) is 33.3 Å². The maximum atomic E-state index is 12.3. The van der Waals surface area contributed by atoms with Gasteiger partial charge >= 0.3 is 5.69 Å². The number of nitrogens with zero attached hydrogens (tertiary/aromatic N) is 5. The Bertz CT molecular complexity index is 657. The standard InChI is InChI=1S/C18H32N6O2/c1-3-26-15-8-13-22(14-9-15)17(19-2)20-10-6-12-24-18(25)23-11-5-4-7-16(23)21-24/h15H,3-14H2,1-2H3,(H,19,20). The van der Waals surface area contributed by atoms with Gasteiger partial charge in [0.15, 0.2) is 5.96 Å². The fourth-order valence-corrected chi connectivity index (χ4v) is 3.83. The number of likely N-dealkylation sites (tertiary alicyclic amines) is 1. The van der Waals surface area contributed by atoms with Gasteiger partial charge in [0.1, 0.15) is 5.82 Å². The molecule has 0 amide bonds. The van der Waals surface area contributed by atoms with Crippen molar-refractivity contribution in [3.05, 3.63) is 16.3 Å². The summed E-state index contributed by atoms with van der Waals surface area (Å²) in [5.41, 5.74) is 0.0436. The zero-order valence-corrected chi connectivity index (χ0v) is 16.1.